The standard InChI is InChI=1S/C12H24N2O2S/c1-6-12(7-2,10-13)14-17(15,16)9-8-11(3,4)5/h14H,6-9H2,1-5H3. The molecule has 0 atom stereocenters. The molecule has 0 rings (SSSR count). The Morgan fingerprint density at radius 2 is 1.65 bits per heavy atom. The number of nitrogens with one attached hydrogen (secondary N) is 1. The second-order valence-electron chi connectivity index (χ2n) is 5.63. The summed E-state index contributed by atoms with van der Waals surface area (Å²) in [4.78, 5) is 0. The second kappa shape index (κ2) is 5.83. The van der Waals surface area contributed by atoms with Gasteiger partial charge in [-0.25, -0.2) is 8.42 Å². The Labute approximate surface area is 105 Å². The van der Waals surface area contributed by atoms with Gasteiger partial charge in [0.05, 0.1) is 11.8 Å². The molecular formula is C12H24N2O2S. The molecule has 0 aromatic heterocycles. The Balaban J connectivity index is 4.71. The van der Waals surface area contributed by atoms with Gasteiger partial charge in [-0.15, -0.1) is 0 Å². The average Bonchev–Trinajstić information content (AvgIpc) is 2.23. The molecule has 5 heteroatoms. The van der Waals surface area contributed by atoms with Crippen LogP contribution < -0.4 is 4.72 Å². The fourth-order valence-corrected chi connectivity index (χ4v) is 3.28. The molecule has 4 nitrogen and oxygen atoms in total. The van der Waals surface area contributed by atoms with Crippen LogP contribution in [0.3, 0.4) is 0 Å². The normalized spacial score (nSPS) is 13.4. The van der Waals surface area contributed by atoms with Crippen molar-refractivity contribution in [2.75, 3.05) is 5.75 Å². The first-order valence-corrected chi connectivity index (χ1v) is 7.68. The molecule has 0 aromatic rings. The Hall–Kier alpha value is -0.600. The predicted molar refractivity (Wildman–Crippen MR) is 69.9 cm³/mol. The molecule has 0 bridgehead atoms. The van der Waals surface area contributed by atoms with Gasteiger partial charge in [0, 0.05) is 0 Å². The summed E-state index contributed by atoms with van der Waals surface area (Å²) in [5.74, 6) is 0.0694. The molecule has 0 fully saturated rings. The number of nitriles is 1. The molecule has 0 radical (unpaired) electrons. The fraction of sp³-hybridized carbons (Fsp3) is 0.917. The third kappa shape index (κ3) is 6.04. The van der Waals surface area contributed by atoms with Gasteiger partial charge in [-0.05, 0) is 24.7 Å². The Morgan fingerprint density at radius 3 is 1.94 bits per heavy atom. The highest BCUT2D eigenvalue weighted by atomic mass is 32.2. The summed E-state index contributed by atoms with van der Waals surface area (Å²) in [7, 11) is -3.38. The number of hydrogen-bond acceptors (Lipinski definition) is 3. The average molecular weight is 260 g/mol. The van der Waals surface area contributed by atoms with E-state index in [-0.39, 0.29) is 11.2 Å². The number of hydrogen-bond donors (Lipinski definition) is 1. The summed E-state index contributed by atoms with van der Waals surface area (Å²) >= 11 is 0. The first kappa shape index (κ1) is 16.4. The van der Waals surface area contributed by atoms with Gasteiger partial charge in [0.15, 0.2) is 0 Å². The van der Waals surface area contributed by atoms with Crippen LogP contribution in [-0.2, 0) is 10.0 Å². The smallest absolute Gasteiger partial charge is 0.212 e. The van der Waals surface area contributed by atoms with E-state index in [1.807, 2.05) is 34.6 Å². The third-order valence-electron chi connectivity index (χ3n) is 2.89. The van der Waals surface area contributed by atoms with Crippen molar-refractivity contribution in [1.82, 2.24) is 4.72 Å². The van der Waals surface area contributed by atoms with Gasteiger partial charge in [0.2, 0.25) is 10.0 Å². The van der Waals surface area contributed by atoms with Crippen LogP contribution in [-0.4, -0.2) is 19.7 Å². The van der Waals surface area contributed by atoms with E-state index >= 15 is 0 Å². The van der Waals surface area contributed by atoms with Crippen LogP contribution in [0.4, 0.5) is 0 Å². The van der Waals surface area contributed by atoms with E-state index in [1.165, 1.54) is 0 Å². The van der Waals surface area contributed by atoms with Gasteiger partial charge < -0.3 is 0 Å². The molecular weight excluding hydrogens is 236 g/mol. The summed E-state index contributed by atoms with van der Waals surface area (Å²) in [5.41, 5.74) is -0.973. The topological polar surface area (TPSA) is 70.0 Å². The summed E-state index contributed by atoms with van der Waals surface area (Å²) in [6.45, 7) is 9.64. The fourth-order valence-electron chi connectivity index (χ4n) is 1.36. The van der Waals surface area contributed by atoms with E-state index in [0.29, 0.717) is 19.3 Å². The highest BCUT2D eigenvalue weighted by molar-refractivity contribution is 7.89. The van der Waals surface area contributed by atoms with Crippen molar-refractivity contribution in [3.8, 4) is 6.07 Å². The van der Waals surface area contributed by atoms with Crippen LogP contribution in [0.5, 0.6) is 0 Å². The molecule has 0 aliphatic carbocycles. The highest BCUT2D eigenvalue weighted by Gasteiger charge is 2.31. The van der Waals surface area contributed by atoms with Crippen LogP contribution in [0.25, 0.3) is 0 Å². The van der Waals surface area contributed by atoms with Gasteiger partial charge in [-0.3, -0.25) is 0 Å². The van der Waals surface area contributed by atoms with E-state index in [1.54, 1.807) is 0 Å². The molecule has 17 heavy (non-hydrogen) atoms. The van der Waals surface area contributed by atoms with Crippen LogP contribution in [0.1, 0.15) is 53.9 Å². The zero-order valence-corrected chi connectivity index (χ0v) is 12.3. The van der Waals surface area contributed by atoms with Gasteiger partial charge in [0.1, 0.15) is 5.54 Å². The molecule has 0 saturated heterocycles. The largest absolute Gasteiger partial charge is 0.212 e. The van der Waals surface area contributed by atoms with Gasteiger partial charge in [-0.1, -0.05) is 34.6 Å². The molecule has 0 aromatic carbocycles. The van der Waals surface area contributed by atoms with Crippen molar-refractivity contribution in [3.05, 3.63) is 0 Å². The SMILES string of the molecule is CCC(C#N)(CC)NS(=O)(=O)CCC(C)(C)C. The minimum atomic E-state index is -3.38. The molecule has 0 amide bonds. The van der Waals surface area contributed by atoms with Gasteiger partial charge >= 0.3 is 0 Å². The van der Waals surface area contributed by atoms with E-state index < -0.39 is 15.6 Å². The molecule has 1 N–H and O–H groups in total. The summed E-state index contributed by atoms with van der Waals surface area (Å²) in [6, 6.07) is 2.08. The lowest BCUT2D eigenvalue weighted by Crippen LogP contribution is -2.47. The summed E-state index contributed by atoms with van der Waals surface area (Å²) < 4.78 is 26.4. The highest BCUT2D eigenvalue weighted by Crippen LogP contribution is 2.21. The number of sulfonamides is 1. The Kier molecular flexibility index (Phi) is 5.63. The lowest BCUT2D eigenvalue weighted by molar-refractivity contribution is 0.391. The lowest BCUT2D eigenvalue weighted by Gasteiger charge is -2.26. The van der Waals surface area contributed by atoms with Crippen LogP contribution in [0, 0.1) is 16.7 Å². The Morgan fingerprint density at radius 1 is 1.18 bits per heavy atom. The van der Waals surface area contributed by atoms with Crippen molar-refractivity contribution in [3.63, 3.8) is 0 Å². The molecule has 0 spiro atoms. The maximum Gasteiger partial charge on any atom is 0.212 e. The van der Waals surface area contributed by atoms with E-state index in [9.17, 15) is 8.42 Å². The van der Waals surface area contributed by atoms with Crippen molar-refractivity contribution < 1.29 is 8.42 Å². The van der Waals surface area contributed by atoms with E-state index in [2.05, 4.69) is 10.8 Å². The molecule has 100 valence electrons. The molecule has 0 unspecified atom stereocenters. The van der Waals surface area contributed by atoms with Crippen molar-refractivity contribution in [2.45, 2.75) is 59.4 Å². The first-order chi connectivity index (χ1) is 7.60. The second-order valence-corrected chi connectivity index (χ2v) is 7.47. The first-order valence-electron chi connectivity index (χ1n) is 6.02. The summed E-state index contributed by atoms with van der Waals surface area (Å²) in [5, 5.41) is 9.09. The van der Waals surface area contributed by atoms with Crippen molar-refractivity contribution in [2.24, 2.45) is 5.41 Å². The van der Waals surface area contributed by atoms with Crippen molar-refractivity contribution in [1.29, 1.82) is 5.26 Å². The zero-order valence-electron chi connectivity index (χ0n) is 11.5. The molecule has 0 aliphatic heterocycles. The predicted octanol–water partition coefficient (Wildman–Crippen LogP) is 2.42. The number of nitrogens with zero attached hydrogens (tertiary/aromatic N) is 1. The zero-order chi connectivity index (χ0) is 13.7. The van der Waals surface area contributed by atoms with Crippen LogP contribution >= 0.6 is 0 Å². The maximum atomic E-state index is 11.9. The molecule has 0 saturated carbocycles. The van der Waals surface area contributed by atoms with Crippen LogP contribution in [0.15, 0.2) is 0 Å². The van der Waals surface area contributed by atoms with E-state index in [4.69, 9.17) is 5.26 Å². The lowest BCUT2D eigenvalue weighted by atomic mass is 9.94. The molecule has 0 aliphatic rings. The van der Waals surface area contributed by atoms with E-state index in [0.717, 1.165) is 0 Å². The maximum absolute atomic E-state index is 11.9. The minimum Gasteiger partial charge on any atom is -0.212 e. The third-order valence-corrected chi connectivity index (χ3v) is 4.34. The molecule has 0 heterocycles. The van der Waals surface area contributed by atoms with Crippen molar-refractivity contribution >= 4 is 10.0 Å². The van der Waals surface area contributed by atoms with Gasteiger partial charge in [0.25, 0.3) is 0 Å². The minimum absolute atomic E-state index is 0.0253. The summed E-state index contributed by atoms with van der Waals surface area (Å²) in [6.07, 6.45) is 1.54. The quantitative estimate of drug-likeness (QED) is 0.797. The Bertz CT molecular complexity index is 370. The monoisotopic (exact) mass is 260 g/mol. The van der Waals surface area contributed by atoms with Crippen LogP contribution in [0.2, 0.25) is 0 Å². The number of rotatable bonds is 6. The van der Waals surface area contributed by atoms with Gasteiger partial charge in [-0.2, -0.15) is 9.98 Å².